The van der Waals surface area contributed by atoms with Gasteiger partial charge in [0, 0.05) is 6.61 Å². The van der Waals surface area contributed by atoms with Gasteiger partial charge in [-0.15, -0.1) is 0 Å². The van der Waals surface area contributed by atoms with Crippen LogP contribution < -0.4 is 0 Å². The summed E-state index contributed by atoms with van der Waals surface area (Å²) in [6, 6.07) is 0. The van der Waals surface area contributed by atoms with E-state index in [-0.39, 0.29) is 13.0 Å². The Balaban J connectivity index is 3.72. The molecular formula is C12H24O4. The first-order valence-electron chi connectivity index (χ1n) is 6.10. The summed E-state index contributed by atoms with van der Waals surface area (Å²) in [5.41, 5.74) is 0. The third kappa shape index (κ3) is 7.65. The van der Waals surface area contributed by atoms with Crippen LogP contribution in [0, 0.1) is 5.92 Å². The number of ether oxygens (including phenoxy) is 1. The lowest BCUT2D eigenvalue weighted by Crippen LogP contribution is -2.24. The lowest BCUT2D eigenvalue weighted by atomic mass is 9.97. The Hall–Kier alpha value is -0.610. The van der Waals surface area contributed by atoms with Crippen LogP contribution in [0.3, 0.4) is 0 Å². The highest BCUT2D eigenvalue weighted by Crippen LogP contribution is 2.14. The Kier molecular flexibility index (Phi) is 9.24. The van der Waals surface area contributed by atoms with Gasteiger partial charge in [-0.3, -0.25) is 4.79 Å². The topological polar surface area (TPSA) is 66.8 Å². The van der Waals surface area contributed by atoms with Crippen molar-refractivity contribution in [1.82, 2.24) is 0 Å². The fourth-order valence-corrected chi connectivity index (χ4v) is 1.55. The highest BCUT2D eigenvalue weighted by atomic mass is 16.5. The molecule has 0 aromatic carbocycles. The molecule has 16 heavy (non-hydrogen) atoms. The Morgan fingerprint density at radius 2 is 2.00 bits per heavy atom. The summed E-state index contributed by atoms with van der Waals surface area (Å²) in [5.74, 6) is -1.27. The number of carbonyl (C=O) groups is 1. The van der Waals surface area contributed by atoms with Crippen LogP contribution >= 0.6 is 0 Å². The number of rotatable bonds is 10. The Bertz CT molecular complexity index is 182. The lowest BCUT2D eigenvalue weighted by molar-refractivity contribution is -0.143. The summed E-state index contributed by atoms with van der Waals surface area (Å²) in [5, 5.41) is 18.5. The second-order valence-corrected chi connectivity index (χ2v) is 4.14. The molecule has 0 bridgehead atoms. The normalized spacial score (nSPS) is 14.7. The van der Waals surface area contributed by atoms with Gasteiger partial charge in [0.1, 0.15) is 0 Å². The van der Waals surface area contributed by atoms with Crippen LogP contribution in [-0.4, -0.2) is 35.5 Å². The minimum atomic E-state index is -0.825. The van der Waals surface area contributed by atoms with Crippen LogP contribution in [-0.2, 0) is 9.53 Å². The van der Waals surface area contributed by atoms with Crippen molar-refractivity contribution in [1.29, 1.82) is 0 Å². The predicted octanol–water partition coefficient (Wildman–Crippen LogP) is 2.05. The van der Waals surface area contributed by atoms with E-state index in [4.69, 9.17) is 9.84 Å². The van der Waals surface area contributed by atoms with E-state index in [9.17, 15) is 9.90 Å². The quantitative estimate of drug-likeness (QED) is 0.566. The number of carboxylic acids is 1. The van der Waals surface area contributed by atoms with E-state index in [1.807, 2.05) is 6.92 Å². The van der Waals surface area contributed by atoms with Crippen molar-refractivity contribution in [3.63, 3.8) is 0 Å². The molecule has 0 saturated heterocycles. The maximum absolute atomic E-state index is 10.8. The van der Waals surface area contributed by atoms with E-state index >= 15 is 0 Å². The maximum Gasteiger partial charge on any atom is 0.306 e. The molecule has 0 fully saturated rings. The van der Waals surface area contributed by atoms with E-state index in [1.54, 1.807) is 0 Å². The van der Waals surface area contributed by atoms with Crippen LogP contribution in [0.1, 0.15) is 46.0 Å². The van der Waals surface area contributed by atoms with E-state index in [0.29, 0.717) is 13.0 Å². The van der Waals surface area contributed by atoms with Gasteiger partial charge in [-0.1, -0.05) is 26.7 Å². The van der Waals surface area contributed by atoms with Gasteiger partial charge in [0.2, 0.25) is 0 Å². The highest BCUT2D eigenvalue weighted by Gasteiger charge is 2.20. The molecule has 0 heterocycles. The number of unbranched alkanes of at least 4 members (excludes halogenated alkanes) is 1. The second kappa shape index (κ2) is 9.60. The molecule has 2 N–H and O–H groups in total. The largest absolute Gasteiger partial charge is 0.481 e. The van der Waals surface area contributed by atoms with Crippen molar-refractivity contribution in [2.45, 2.75) is 52.1 Å². The zero-order valence-electron chi connectivity index (χ0n) is 10.3. The molecule has 0 radical (unpaired) electrons. The molecule has 0 saturated carbocycles. The molecule has 0 spiro atoms. The zero-order valence-corrected chi connectivity index (χ0v) is 10.3. The molecule has 0 amide bonds. The molecule has 0 aromatic heterocycles. The SMILES string of the molecule is CCCCOCC(O)CC(CCC)C(=O)O. The highest BCUT2D eigenvalue weighted by molar-refractivity contribution is 5.69. The summed E-state index contributed by atoms with van der Waals surface area (Å²) in [6.45, 7) is 4.90. The molecule has 0 aliphatic heterocycles. The molecule has 2 unspecified atom stereocenters. The summed E-state index contributed by atoms with van der Waals surface area (Å²) in [4.78, 5) is 10.8. The molecule has 96 valence electrons. The van der Waals surface area contributed by atoms with Gasteiger partial charge >= 0.3 is 5.97 Å². The Morgan fingerprint density at radius 1 is 1.31 bits per heavy atom. The number of aliphatic carboxylic acids is 1. The Morgan fingerprint density at radius 3 is 2.50 bits per heavy atom. The molecule has 0 aromatic rings. The predicted molar refractivity (Wildman–Crippen MR) is 62.4 cm³/mol. The summed E-state index contributed by atoms with van der Waals surface area (Å²) < 4.78 is 5.25. The third-order valence-electron chi connectivity index (χ3n) is 2.50. The van der Waals surface area contributed by atoms with Crippen molar-refractivity contribution in [3.8, 4) is 0 Å². The van der Waals surface area contributed by atoms with Crippen LogP contribution in [0.2, 0.25) is 0 Å². The number of aliphatic hydroxyl groups is 1. The standard InChI is InChI=1S/C12H24O4/c1-3-5-7-16-9-11(13)8-10(6-4-2)12(14)15/h10-11,13H,3-9H2,1-2H3,(H,14,15). The fourth-order valence-electron chi connectivity index (χ4n) is 1.55. The monoisotopic (exact) mass is 232 g/mol. The van der Waals surface area contributed by atoms with Crippen LogP contribution in [0.15, 0.2) is 0 Å². The smallest absolute Gasteiger partial charge is 0.306 e. The van der Waals surface area contributed by atoms with E-state index in [1.165, 1.54) is 0 Å². The summed E-state index contributed by atoms with van der Waals surface area (Å²) in [6.07, 6.45) is 3.09. The van der Waals surface area contributed by atoms with Gasteiger partial charge in [0.25, 0.3) is 0 Å². The van der Waals surface area contributed by atoms with Crippen LogP contribution in [0.25, 0.3) is 0 Å². The van der Waals surface area contributed by atoms with Gasteiger partial charge in [-0.05, 0) is 19.3 Å². The van der Waals surface area contributed by atoms with Crippen molar-refractivity contribution < 1.29 is 19.7 Å². The first kappa shape index (κ1) is 15.4. The number of hydrogen-bond donors (Lipinski definition) is 2. The Labute approximate surface area is 97.6 Å². The first-order valence-corrected chi connectivity index (χ1v) is 6.10. The van der Waals surface area contributed by atoms with Gasteiger partial charge in [0.05, 0.1) is 18.6 Å². The summed E-state index contributed by atoms with van der Waals surface area (Å²) >= 11 is 0. The van der Waals surface area contributed by atoms with Gasteiger partial charge in [-0.25, -0.2) is 0 Å². The van der Waals surface area contributed by atoms with Gasteiger partial charge in [-0.2, -0.15) is 0 Å². The zero-order chi connectivity index (χ0) is 12.4. The minimum absolute atomic E-state index is 0.244. The molecule has 0 aliphatic carbocycles. The number of hydrogen-bond acceptors (Lipinski definition) is 3. The fraction of sp³-hybridized carbons (Fsp3) is 0.917. The second-order valence-electron chi connectivity index (χ2n) is 4.14. The van der Waals surface area contributed by atoms with Crippen molar-refractivity contribution >= 4 is 5.97 Å². The van der Waals surface area contributed by atoms with E-state index in [0.717, 1.165) is 19.3 Å². The number of aliphatic hydroxyl groups excluding tert-OH is 1. The minimum Gasteiger partial charge on any atom is -0.481 e. The van der Waals surface area contributed by atoms with Crippen molar-refractivity contribution in [3.05, 3.63) is 0 Å². The molecular weight excluding hydrogens is 208 g/mol. The van der Waals surface area contributed by atoms with E-state index in [2.05, 4.69) is 6.92 Å². The molecule has 0 rings (SSSR count). The van der Waals surface area contributed by atoms with Crippen molar-refractivity contribution in [2.75, 3.05) is 13.2 Å². The first-order chi connectivity index (χ1) is 7.61. The lowest BCUT2D eigenvalue weighted by Gasteiger charge is -2.16. The van der Waals surface area contributed by atoms with Gasteiger partial charge < -0.3 is 14.9 Å². The molecule has 4 heteroatoms. The van der Waals surface area contributed by atoms with Crippen LogP contribution in [0.5, 0.6) is 0 Å². The van der Waals surface area contributed by atoms with Gasteiger partial charge in [0.15, 0.2) is 0 Å². The molecule has 4 nitrogen and oxygen atoms in total. The average Bonchev–Trinajstić information content (AvgIpc) is 2.23. The third-order valence-corrected chi connectivity index (χ3v) is 2.50. The number of carboxylic acid groups (broad SMARTS) is 1. The van der Waals surface area contributed by atoms with Crippen LogP contribution in [0.4, 0.5) is 0 Å². The van der Waals surface area contributed by atoms with Crippen molar-refractivity contribution in [2.24, 2.45) is 5.92 Å². The maximum atomic E-state index is 10.8. The average molecular weight is 232 g/mol. The summed E-state index contributed by atoms with van der Waals surface area (Å²) in [7, 11) is 0. The molecule has 2 atom stereocenters. The van der Waals surface area contributed by atoms with E-state index < -0.39 is 18.0 Å². The molecule has 0 aliphatic rings.